The molecule has 0 aliphatic carbocycles. The molecule has 0 spiro atoms. The average molecular weight is 400 g/mol. The van der Waals surface area contributed by atoms with Crippen LogP contribution in [0.4, 0.5) is 0 Å². The first-order chi connectivity index (χ1) is 13.5. The van der Waals surface area contributed by atoms with Crippen molar-refractivity contribution in [3.63, 3.8) is 0 Å². The molecule has 146 valence electrons. The number of hydrogen-bond donors (Lipinski definition) is 1. The lowest BCUT2D eigenvalue weighted by Crippen LogP contribution is -2.49. The Hall–Kier alpha value is -3.00. The predicted octanol–water partition coefficient (Wildman–Crippen LogP) is 1.31. The molecular formula is C20H18NO6S-. The van der Waals surface area contributed by atoms with Gasteiger partial charge in [-0.25, -0.2) is 4.79 Å². The number of benzene rings is 2. The number of carbonyl (C=O) groups excluding carboxylic acids is 2. The van der Waals surface area contributed by atoms with Crippen molar-refractivity contribution in [1.29, 1.82) is 0 Å². The fraction of sp³-hybridized carbons (Fsp3) is 0.250. The molecule has 1 amide bonds. The first-order valence-corrected chi connectivity index (χ1v) is 9.96. The second-order valence-corrected chi connectivity index (χ2v) is 7.09. The van der Waals surface area contributed by atoms with Crippen LogP contribution in [0.25, 0.3) is 21.7 Å². The standard InChI is InChI=1S/C20H19NO6S/c1-28-9-8-16(19(23)24)21-18(22)11-26-12-6-7-14-13-4-2-3-5-15(13)20(25)27-17(14)10-12/h2-7,10,16H,8-9,11H2,1H3,(H,21,22)(H,23,24)/p-1/t16-/m0/s1. The van der Waals surface area contributed by atoms with Gasteiger partial charge in [0.1, 0.15) is 11.3 Å². The van der Waals surface area contributed by atoms with E-state index >= 15 is 0 Å². The molecule has 28 heavy (non-hydrogen) atoms. The van der Waals surface area contributed by atoms with E-state index in [1.54, 1.807) is 24.3 Å². The highest BCUT2D eigenvalue weighted by atomic mass is 32.2. The monoisotopic (exact) mass is 400 g/mol. The Morgan fingerprint density at radius 3 is 2.64 bits per heavy atom. The van der Waals surface area contributed by atoms with Gasteiger partial charge in [0.15, 0.2) is 6.61 Å². The number of carboxylic acid groups (broad SMARTS) is 1. The Bertz CT molecular complexity index is 1080. The summed E-state index contributed by atoms with van der Waals surface area (Å²) < 4.78 is 10.8. The number of amides is 1. The van der Waals surface area contributed by atoms with Gasteiger partial charge in [-0.3, -0.25) is 4.79 Å². The van der Waals surface area contributed by atoms with Crippen LogP contribution in [0.2, 0.25) is 0 Å². The third-order valence-corrected chi connectivity index (χ3v) is 4.84. The Kier molecular flexibility index (Phi) is 6.20. The summed E-state index contributed by atoms with van der Waals surface area (Å²) in [6, 6.07) is 11.0. The van der Waals surface area contributed by atoms with E-state index in [2.05, 4.69) is 5.32 Å². The molecule has 1 heterocycles. The quantitative estimate of drug-likeness (QED) is 0.449. The van der Waals surface area contributed by atoms with Gasteiger partial charge in [0, 0.05) is 11.5 Å². The maximum Gasteiger partial charge on any atom is 0.344 e. The van der Waals surface area contributed by atoms with Crippen LogP contribution in [0.1, 0.15) is 6.42 Å². The molecule has 0 bridgehead atoms. The Morgan fingerprint density at radius 2 is 1.93 bits per heavy atom. The summed E-state index contributed by atoms with van der Waals surface area (Å²) in [6.45, 7) is -0.369. The number of rotatable bonds is 8. The Labute approximate surface area is 164 Å². The predicted molar refractivity (Wildman–Crippen MR) is 105 cm³/mol. The molecule has 2 aromatic carbocycles. The summed E-state index contributed by atoms with van der Waals surface area (Å²) in [5.74, 6) is -0.996. The number of carbonyl (C=O) groups is 2. The van der Waals surface area contributed by atoms with Crippen molar-refractivity contribution in [2.45, 2.75) is 12.5 Å². The SMILES string of the molecule is CSCC[C@H](NC(=O)COc1ccc2c(c1)oc(=O)c1ccccc12)C(=O)[O-]. The number of ether oxygens (including phenoxy) is 1. The van der Waals surface area contributed by atoms with Crippen molar-refractivity contribution in [3.05, 3.63) is 52.9 Å². The fourth-order valence-electron chi connectivity index (χ4n) is 2.82. The van der Waals surface area contributed by atoms with Gasteiger partial charge >= 0.3 is 5.63 Å². The van der Waals surface area contributed by atoms with Crippen molar-refractivity contribution in [2.24, 2.45) is 0 Å². The summed E-state index contributed by atoms with van der Waals surface area (Å²) in [6.07, 6.45) is 2.11. The van der Waals surface area contributed by atoms with Gasteiger partial charge in [0.2, 0.25) is 0 Å². The van der Waals surface area contributed by atoms with Gasteiger partial charge in [-0.1, -0.05) is 18.2 Å². The molecule has 3 aromatic rings. The van der Waals surface area contributed by atoms with Crippen LogP contribution < -0.4 is 20.8 Å². The van der Waals surface area contributed by atoms with Crippen LogP contribution in [-0.4, -0.2) is 36.5 Å². The summed E-state index contributed by atoms with van der Waals surface area (Å²) in [7, 11) is 0. The molecule has 1 atom stereocenters. The minimum atomic E-state index is -1.33. The Balaban J connectivity index is 1.72. The molecule has 7 nitrogen and oxygen atoms in total. The largest absolute Gasteiger partial charge is 0.548 e. The third kappa shape index (κ3) is 4.45. The number of hydrogen-bond acceptors (Lipinski definition) is 7. The lowest BCUT2D eigenvalue weighted by Gasteiger charge is -2.19. The van der Waals surface area contributed by atoms with Crippen LogP contribution in [0, 0.1) is 0 Å². The third-order valence-electron chi connectivity index (χ3n) is 4.19. The lowest BCUT2D eigenvalue weighted by molar-refractivity contribution is -0.308. The molecule has 1 N–H and O–H groups in total. The maximum absolute atomic E-state index is 12.1. The number of aliphatic carboxylic acids is 1. The van der Waals surface area contributed by atoms with Crippen LogP contribution in [-0.2, 0) is 9.59 Å². The van der Waals surface area contributed by atoms with E-state index in [0.29, 0.717) is 22.5 Å². The number of fused-ring (bicyclic) bond motifs is 3. The van der Waals surface area contributed by atoms with Crippen molar-refractivity contribution < 1.29 is 23.8 Å². The van der Waals surface area contributed by atoms with Gasteiger partial charge in [-0.05, 0) is 42.0 Å². The first kappa shape index (κ1) is 19.8. The second kappa shape index (κ2) is 8.79. The molecule has 3 rings (SSSR count). The zero-order valence-corrected chi connectivity index (χ0v) is 15.9. The second-order valence-electron chi connectivity index (χ2n) is 6.10. The van der Waals surface area contributed by atoms with E-state index in [4.69, 9.17) is 9.15 Å². The molecule has 0 radical (unpaired) electrons. The summed E-state index contributed by atoms with van der Waals surface area (Å²) in [5, 5.41) is 15.5. The molecule has 0 aliphatic rings. The van der Waals surface area contributed by atoms with E-state index in [-0.39, 0.29) is 13.0 Å². The van der Waals surface area contributed by atoms with Gasteiger partial charge in [0.25, 0.3) is 5.91 Å². The molecule has 0 fully saturated rings. The van der Waals surface area contributed by atoms with Crippen molar-refractivity contribution in [3.8, 4) is 5.75 Å². The van der Waals surface area contributed by atoms with E-state index in [1.807, 2.05) is 18.4 Å². The fourth-order valence-corrected chi connectivity index (χ4v) is 3.29. The van der Waals surface area contributed by atoms with Gasteiger partial charge in [0.05, 0.1) is 17.4 Å². The van der Waals surface area contributed by atoms with E-state index in [1.165, 1.54) is 17.8 Å². The molecule has 0 saturated heterocycles. The Morgan fingerprint density at radius 1 is 1.18 bits per heavy atom. The van der Waals surface area contributed by atoms with Gasteiger partial charge in [-0.2, -0.15) is 11.8 Å². The van der Waals surface area contributed by atoms with E-state index in [9.17, 15) is 19.5 Å². The smallest absolute Gasteiger partial charge is 0.344 e. The van der Waals surface area contributed by atoms with E-state index in [0.717, 1.165) is 10.8 Å². The number of thioether (sulfide) groups is 1. The zero-order valence-electron chi connectivity index (χ0n) is 15.1. The van der Waals surface area contributed by atoms with Crippen LogP contribution >= 0.6 is 11.8 Å². The summed E-state index contributed by atoms with van der Waals surface area (Å²) >= 11 is 1.48. The number of carboxylic acids is 1. The summed E-state index contributed by atoms with van der Waals surface area (Å²) in [4.78, 5) is 35.2. The topological polar surface area (TPSA) is 109 Å². The van der Waals surface area contributed by atoms with Crippen molar-refractivity contribution >= 4 is 45.4 Å². The maximum atomic E-state index is 12.1. The zero-order chi connectivity index (χ0) is 20.1. The highest BCUT2D eigenvalue weighted by molar-refractivity contribution is 7.98. The van der Waals surface area contributed by atoms with Crippen LogP contribution in [0.3, 0.4) is 0 Å². The number of nitrogens with one attached hydrogen (secondary N) is 1. The van der Waals surface area contributed by atoms with Crippen molar-refractivity contribution in [2.75, 3.05) is 18.6 Å². The molecule has 1 aromatic heterocycles. The molecule has 0 saturated carbocycles. The van der Waals surface area contributed by atoms with Gasteiger partial charge in [-0.15, -0.1) is 0 Å². The molecule has 0 aliphatic heterocycles. The van der Waals surface area contributed by atoms with Gasteiger partial charge < -0.3 is 24.4 Å². The first-order valence-electron chi connectivity index (χ1n) is 8.57. The van der Waals surface area contributed by atoms with E-state index < -0.39 is 23.5 Å². The van der Waals surface area contributed by atoms with Crippen LogP contribution in [0.15, 0.2) is 51.7 Å². The van der Waals surface area contributed by atoms with Crippen molar-refractivity contribution in [1.82, 2.24) is 5.32 Å². The average Bonchev–Trinajstić information content (AvgIpc) is 2.69. The molecular weight excluding hydrogens is 382 g/mol. The highest BCUT2D eigenvalue weighted by Crippen LogP contribution is 2.26. The molecule has 8 heteroatoms. The highest BCUT2D eigenvalue weighted by Gasteiger charge is 2.14. The van der Waals surface area contributed by atoms with Crippen LogP contribution in [0.5, 0.6) is 5.75 Å². The molecule has 0 unspecified atom stereocenters. The minimum absolute atomic E-state index is 0.267. The lowest BCUT2D eigenvalue weighted by atomic mass is 10.1. The minimum Gasteiger partial charge on any atom is -0.548 e. The summed E-state index contributed by atoms with van der Waals surface area (Å²) in [5.41, 5.74) is -0.113. The normalized spacial score (nSPS) is 12.0.